The largest absolute Gasteiger partial charge is 0.308 e. The maximum Gasteiger partial charge on any atom is 0.0897 e. The van der Waals surface area contributed by atoms with Gasteiger partial charge in [-0.2, -0.15) is 0 Å². The Hall–Kier alpha value is -0.410. The molecule has 0 bridgehead atoms. The summed E-state index contributed by atoms with van der Waals surface area (Å²) in [6, 6.07) is 0.724. The number of rotatable bonds is 3. The van der Waals surface area contributed by atoms with Crippen LogP contribution in [0.2, 0.25) is 0 Å². The second-order valence-corrected chi connectivity index (χ2v) is 5.84. The Bertz CT molecular complexity index is 301. The third kappa shape index (κ3) is 3.87. The number of aromatic nitrogens is 1. The van der Waals surface area contributed by atoms with Crippen molar-refractivity contribution in [2.75, 3.05) is 0 Å². The van der Waals surface area contributed by atoms with Crippen molar-refractivity contribution in [1.29, 1.82) is 0 Å². The van der Waals surface area contributed by atoms with Gasteiger partial charge in [0.05, 0.1) is 10.7 Å². The van der Waals surface area contributed by atoms with Crippen molar-refractivity contribution in [1.82, 2.24) is 10.3 Å². The topological polar surface area (TPSA) is 24.9 Å². The van der Waals surface area contributed by atoms with E-state index in [2.05, 4.69) is 22.6 Å². The molecule has 0 atom stereocenters. The second-order valence-electron chi connectivity index (χ2n) is 4.78. The highest BCUT2D eigenvalue weighted by Gasteiger charge is 2.10. The monoisotopic (exact) mass is 238 g/mol. The number of nitrogens with zero attached hydrogens (tertiary/aromatic N) is 1. The lowest BCUT2D eigenvalue weighted by Crippen LogP contribution is -2.29. The van der Waals surface area contributed by atoms with E-state index in [0.717, 1.165) is 12.6 Å². The first-order chi connectivity index (χ1) is 7.84. The molecule has 1 aliphatic carbocycles. The van der Waals surface area contributed by atoms with Crippen LogP contribution in [-0.4, -0.2) is 11.0 Å². The fourth-order valence-electron chi connectivity index (χ4n) is 2.40. The molecule has 2 rings (SSSR count). The Labute approximate surface area is 102 Å². The molecule has 1 saturated carbocycles. The van der Waals surface area contributed by atoms with Crippen molar-refractivity contribution in [2.45, 2.75) is 64.5 Å². The molecule has 90 valence electrons. The molecule has 1 heterocycles. The maximum absolute atomic E-state index is 4.49. The summed E-state index contributed by atoms with van der Waals surface area (Å²) in [5, 5.41) is 7.01. The molecule has 0 amide bonds. The Kier molecular flexibility index (Phi) is 4.79. The van der Waals surface area contributed by atoms with Gasteiger partial charge in [-0.05, 0) is 19.8 Å². The number of nitrogens with one attached hydrogen (secondary N) is 1. The summed E-state index contributed by atoms with van der Waals surface area (Å²) < 4.78 is 0. The van der Waals surface area contributed by atoms with Crippen LogP contribution in [0.5, 0.6) is 0 Å². The number of thiazole rings is 1. The van der Waals surface area contributed by atoms with Gasteiger partial charge in [0.1, 0.15) is 0 Å². The Morgan fingerprint density at radius 3 is 2.56 bits per heavy atom. The summed E-state index contributed by atoms with van der Waals surface area (Å²) in [6.07, 6.45) is 9.79. The molecule has 0 unspecified atom stereocenters. The van der Waals surface area contributed by atoms with Crippen LogP contribution in [0.15, 0.2) is 5.38 Å². The Morgan fingerprint density at radius 2 is 1.94 bits per heavy atom. The highest BCUT2D eigenvalue weighted by molar-refractivity contribution is 7.09. The molecule has 1 fully saturated rings. The summed E-state index contributed by atoms with van der Waals surface area (Å²) in [6.45, 7) is 3.03. The van der Waals surface area contributed by atoms with Crippen LogP contribution in [0.4, 0.5) is 0 Å². The summed E-state index contributed by atoms with van der Waals surface area (Å²) in [7, 11) is 0. The van der Waals surface area contributed by atoms with E-state index in [1.165, 1.54) is 55.6 Å². The molecule has 1 aromatic heterocycles. The van der Waals surface area contributed by atoms with E-state index in [-0.39, 0.29) is 0 Å². The molecule has 0 saturated heterocycles. The molecule has 3 heteroatoms. The van der Waals surface area contributed by atoms with Crippen LogP contribution in [-0.2, 0) is 6.54 Å². The van der Waals surface area contributed by atoms with Gasteiger partial charge < -0.3 is 5.32 Å². The fraction of sp³-hybridized carbons (Fsp3) is 0.769. The van der Waals surface area contributed by atoms with Crippen LogP contribution >= 0.6 is 11.3 Å². The average molecular weight is 238 g/mol. The second kappa shape index (κ2) is 6.36. The third-order valence-electron chi connectivity index (χ3n) is 3.34. The first kappa shape index (κ1) is 12.1. The van der Waals surface area contributed by atoms with Gasteiger partial charge in [0, 0.05) is 18.0 Å². The Balaban J connectivity index is 1.75. The van der Waals surface area contributed by atoms with Gasteiger partial charge in [-0.3, -0.25) is 0 Å². The molecular formula is C13H22N2S. The lowest BCUT2D eigenvalue weighted by molar-refractivity contribution is 0.387. The summed E-state index contributed by atoms with van der Waals surface area (Å²) in [5.41, 5.74) is 1.21. The van der Waals surface area contributed by atoms with Gasteiger partial charge in [0.2, 0.25) is 0 Å². The van der Waals surface area contributed by atoms with Crippen LogP contribution in [0.3, 0.4) is 0 Å². The van der Waals surface area contributed by atoms with E-state index in [9.17, 15) is 0 Å². The Morgan fingerprint density at radius 1 is 1.25 bits per heavy atom. The SMILES string of the molecule is Cc1nc(CNC2CCCCCCC2)cs1. The minimum atomic E-state index is 0.724. The smallest absolute Gasteiger partial charge is 0.0897 e. The number of hydrogen-bond acceptors (Lipinski definition) is 3. The van der Waals surface area contributed by atoms with Gasteiger partial charge in [-0.25, -0.2) is 4.98 Å². The highest BCUT2D eigenvalue weighted by atomic mass is 32.1. The van der Waals surface area contributed by atoms with Crippen LogP contribution in [0, 0.1) is 6.92 Å². The molecule has 0 spiro atoms. The van der Waals surface area contributed by atoms with Crippen LogP contribution < -0.4 is 5.32 Å². The zero-order chi connectivity index (χ0) is 11.2. The molecule has 0 aliphatic heterocycles. The summed E-state index contributed by atoms with van der Waals surface area (Å²) in [5.74, 6) is 0. The van der Waals surface area contributed by atoms with Crippen LogP contribution in [0.1, 0.15) is 55.6 Å². The highest BCUT2D eigenvalue weighted by Crippen LogP contribution is 2.17. The standard InChI is InChI=1S/C13H22N2S/c1-11-15-13(10-16-11)9-14-12-7-5-3-2-4-6-8-12/h10,12,14H,2-9H2,1H3. The van der Waals surface area contributed by atoms with Gasteiger partial charge in [0.25, 0.3) is 0 Å². The summed E-state index contributed by atoms with van der Waals surface area (Å²) >= 11 is 1.75. The van der Waals surface area contributed by atoms with Gasteiger partial charge in [0.15, 0.2) is 0 Å². The van der Waals surface area contributed by atoms with E-state index < -0.39 is 0 Å². The lowest BCUT2D eigenvalue weighted by Gasteiger charge is -2.20. The van der Waals surface area contributed by atoms with E-state index in [1.807, 2.05) is 0 Å². The third-order valence-corrected chi connectivity index (χ3v) is 4.17. The van der Waals surface area contributed by atoms with Gasteiger partial charge in [-0.1, -0.05) is 32.1 Å². The normalized spacial score (nSPS) is 19.3. The van der Waals surface area contributed by atoms with Gasteiger partial charge in [-0.15, -0.1) is 11.3 Å². The molecule has 0 aromatic carbocycles. The van der Waals surface area contributed by atoms with Crippen molar-refractivity contribution >= 4 is 11.3 Å². The van der Waals surface area contributed by atoms with Crippen molar-refractivity contribution in [3.05, 3.63) is 16.1 Å². The minimum absolute atomic E-state index is 0.724. The predicted molar refractivity (Wildman–Crippen MR) is 69.8 cm³/mol. The molecule has 2 nitrogen and oxygen atoms in total. The molecule has 1 N–H and O–H groups in total. The summed E-state index contributed by atoms with van der Waals surface area (Å²) in [4.78, 5) is 4.49. The molecule has 1 aromatic rings. The zero-order valence-electron chi connectivity index (χ0n) is 10.2. The minimum Gasteiger partial charge on any atom is -0.308 e. The number of aryl methyl sites for hydroxylation is 1. The fourth-order valence-corrected chi connectivity index (χ4v) is 3.01. The molecule has 0 radical (unpaired) electrons. The molecule has 16 heavy (non-hydrogen) atoms. The first-order valence-electron chi connectivity index (χ1n) is 6.49. The quantitative estimate of drug-likeness (QED) is 0.869. The van der Waals surface area contributed by atoms with Crippen LogP contribution in [0.25, 0.3) is 0 Å². The van der Waals surface area contributed by atoms with Crippen molar-refractivity contribution < 1.29 is 0 Å². The lowest BCUT2D eigenvalue weighted by atomic mass is 9.97. The average Bonchev–Trinajstić information content (AvgIpc) is 2.63. The van der Waals surface area contributed by atoms with Crippen molar-refractivity contribution in [2.24, 2.45) is 0 Å². The van der Waals surface area contributed by atoms with E-state index in [0.29, 0.717) is 0 Å². The number of hydrogen-bond donors (Lipinski definition) is 1. The van der Waals surface area contributed by atoms with E-state index in [1.54, 1.807) is 11.3 Å². The predicted octanol–water partition coefficient (Wildman–Crippen LogP) is 3.65. The first-order valence-corrected chi connectivity index (χ1v) is 7.37. The van der Waals surface area contributed by atoms with E-state index in [4.69, 9.17) is 0 Å². The maximum atomic E-state index is 4.49. The van der Waals surface area contributed by atoms with E-state index >= 15 is 0 Å². The molecule has 1 aliphatic rings. The molecular weight excluding hydrogens is 216 g/mol. The van der Waals surface area contributed by atoms with Crippen molar-refractivity contribution in [3.8, 4) is 0 Å². The van der Waals surface area contributed by atoms with Crippen molar-refractivity contribution in [3.63, 3.8) is 0 Å². The van der Waals surface area contributed by atoms with Gasteiger partial charge >= 0.3 is 0 Å². The zero-order valence-corrected chi connectivity index (χ0v) is 11.0.